The van der Waals surface area contributed by atoms with Crippen molar-refractivity contribution >= 4 is 38.4 Å². The number of benzene rings is 1. The van der Waals surface area contributed by atoms with Crippen LogP contribution in [0.4, 0.5) is 5.82 Å². The number of aromatic amines is 1. The van der Waals surface area contributed by atoms with Gasteiger partial charge in [-0.1, -0.05) is 23.5 Å². The summed E-state index contributed by atoms with van der Waals surface area (Å²) in [6.07, 6.45) is 4.56. The minimum atomic E-state index is 0.635. The fourth-order valence-corrected chi connectivity index (χ4v) is 6.50. The molecule has 2 bridgehead atoms. The molecule has 7 rings (SSSR count). The lowest BCUT2D eigenvalue weighted by atomic mass is 10.1. The normalized spacial score (nSPS) is 23.7. The third kappa shape index (κ3) is 3.59. The van der Waals surface area contributed by atoms with Crippen LogP contribution in [0.2, 0.25) is 0 Å². The molecule has 33 heavy (non-hydrogen) atoms. The number of nitrogens with one attached hydrogen (secondary N) is 2. The van der Waals surface area contributed by atoms with Crippen molar-refractivity contribution in [1.82, 2.24) is 30.2 Å². The van der Waals surface area contributed by atoms with Gasteiger partial charge in [0.15, 0.2) is 11.6 Å². The second-order valence-corrected chi connectivity index (χ2v) is 10.4. The lowest BCUT2D eigenvalue weighted by molar-refractivity contribution is 0.122. The van der Waals surface area contributed by atoms with Gasteiger partial charge in [-0.3, -0.25) is 4.90 Å². The zero-order valence-electron chi connectivity index (χ0n) is 18.5. The Morgan fingerprint density at radius 1 is 1.03 bits per heavy atom. The minimum absolute atomic E-state index is 0.635. The number of morpholine rings is 1. The molecule has 3 aliphatic rings. The van der Waals surface area contributed by atoms with E-state index in [0.717, 1.165) is 89.4 Å². The van der Waals surface area contributed by atoms with Crippen LogP contribution in [0.15, 0.2) is 30.5 Å². The van der Waals surface area contributed by atoms with Crippen molar-refractivity contribution in [3.8, 4) is 11.4 Å². The van der Waals surface area contributed by atoms with Gasteiger partial charge in [-0.2, -0.15) is 0 Å². The largest absolute Gasteiger partial charge is 0.378 e. The maximum Gasteiger partial charge on any atom is 0.163 e. The van der Waals surface area contributed by atoms with Crippen LogP contribution in [0.1, 0.15) is 17.8 Å². The van der Waals surface area contributed by atoms with E-state index < -0.39 is 0 Å². The molecular formula is C24H27N7OS. The molecule has 170 valence electrons. The summed E-state index contributed by atoms with van der Waals surface area (Å²) in [5.74, 6) is 1.71. The highest BCUT2D eigenvalue weighted by molar-refractivity contribution is 7.18. The topological polar surface area (TPSA) is 82.2 Å². The first-order valence-electron chi connectivity index (χ1n) is 11.9. The third-order valence-electron chi connectivity index (χ3n) is 7.08. The first-order chi connectivity index (χ1) is 16.3. The van der Waals surface area contributed by atoms with Gasteiger partial charge in [0.2, 0.25) is 0 Å². The molecule has 8 nitrogen and oxygen atoms in total. The van der Waals surface area contributed by atoms with Crippen LogP contribution in [-0.2, 0) is 11.3 Å². The highest BCUT2D eigenvalue weighted by Crippen LogP contribution is 2.34. The summed E-state index contributed by atoms with van der Waals surface area (Å²) in [6, 6.07) is 9.63. The van der Waals surface area contributed by atoms with Crippen LogP contribution in [0.5, 0.6) is 0 Å². The molecule has 0 radical (unpaired) electrons. The number of piperazine rings is 1. The van der Waals surface area contributed by atoms with Gasteiger partial charge in [-0.25, -0.2) is 15.0 Å². The summed E-state index contributed by atoms with van der Waals surface area (Å²) in [6.45, 7) is 6.19. The van der Waals surface area contributed by atoms with E-state index in [2.05, 4.69) is 44.4 Å². The zero-order valence-corrected chi connectivity index (χ0v) is 19.3. The second kappa shape index (κ2) is 8.02. The Morgan fingerprint density at radius 2 is 1.88 bits per heavy atom. The molecule has 2 unspecified atom stereocenters. The van der Waals surface area contributed by atoms with Gasteiger partial charge < -0.3 is 19.9 Å². The predicted molar refractivity (Wildman–Crippen MR) is 131 cm³/mol. The van der Waals surface area contributed by atoms with Crippen LogP contribution in [-0.4, -0.2) is 76.3 Å². The molecule has 3 aromatic heterocycles. The number of likely N-dealkylation sites (tertiary alicyclic amines) is 1. The van der Waals surface area contributed by atoms with Crippen LogP contribution >= 0.6 is 11.3 Å². The Labute approximate surface area is 196 Å². The third-order valence-corrected chi connectivity index (χ3v) is 8.02. The summed E-state index contributed by atoms with van der Waals surface area (Å²) in [7, 11) is 0. The summed E-state index contributed by atoms with van der Waals surface area (Å²) >= 11 is 1.72. The highest BCUT2D eigenvalue weighted by Gasteiger charge is 2.32. The van der Waals surface area contributed by atoms with Gasteiger partial charge in [0.25, 0.3) is 0 Å². The Kier molecular flexibility index (Phi) is 4.82. The van der Waals surface area contributed by atoms with E-state index in [1.165, 1.54) is 12.8 Å². The van der Waals surface area contributed by atoms with Crippen LogP contribution in [0.25, 0.3) is 32.6 Å². The molecule has 6 heterocycles. The Morgan fingerprint density at radius 3 is 2.73 bits per heavy atom. The molecule has 3 fully saturated rings. The van der Waals surface area contributed by atoms with Crippen molar-refractivity contribution < 1.29 is 4.74 Å². The van der Waals surface area contributed by atoms with Gasteiger partial charge >= 0.3 is 0 Å². The number of thiazole rings is 1. The van der Waals surface area contributed by atoms with E-state index in [4.69, 9.17) is 19.7 Å². The van der Waals surface area contributed by atoms with Gasteiger partial charge in [0.1, 0.15) is 15.4 Å². The number of nitrogens with zero attached hydrogens (tertiary/aromatic N) is 5. The molecule has 0 aliphatic carbocycles. The molecule has 0 saturated carbocycles. The Balaban J connectivity index is 1.31. The number of hydrogen-bond donors (Lipinski definition) is 2. The molecule has 0 spiro atoms. The molecule has 2 N–H and O–H groups in total. The molecular weight excluding hydrogens is 434 g/mol. The van der Waals surface area contributed by atoms with Crippen molar-refractivity contribution in [3.63, 3.8) is 0 Å². The smallest absolute Gasteiger partial charge is 0.163 e. The monoisotopic (exact) mass is 461 g/mol. The Hall–Kier alpha value is -2.59. The average Bonchev–Trinajstić information content (AvgIpc) is 3.56. The fourth-order valence-electron chi connectivity index (χ4n) is 5.52. The lowest BCUT2D eigenvalue weighted by Gasteiger charge is -2.32. The highest BCUT2D eigenvalue weighted by atomic mass is 32.1. The molecule has 0 amide bonds. The van der Waals surface area contributed by atoms with Crippen LogP contribution in [0, 0.1) is 0 Å². The van der Waals surface area contributed by atoms with Crippen molar-refractivity contribution in [2.24, 2.45) is 0 Å². The van der Waals surface area contributed by atoms with Crippen LogP contribution in [0.3, 0.4) is 0 Å². The Bertz CT molecular complexity index is 1300. The summed E-state index contributed by atoms with van der Waals surface area (Å²) in [4.78, 5) is 24.3. The van der Waals surface area contributed by atoms with Crippen molar-refractivity contribution in [3.05, 3.63) is 35.5 Å². The number of aromatic nitrogens is 4. The van der Waals surface area contributed by atoms with Gasteiger partial charge in [-0.15, -0.1) is 0 Å². The standard InChI is InChI=1S/C24H27N7OS/c1-2-18(17-6-7-25-19(17)3-1)22-28-23(31-8-10-32-11-9-31)21-24(29-22)33-20(27-21)14-30-12-15-4-5-16(13-30)26-15/h1-3,6-7,15-16,25-26H,4-5,8-14H2. The number of hydrogen-bond acceptors (Lipinski definition) is 8. The molecule has 1 aromatic carbocycles. The number of rotatable bonds is 4. The second-order valence-electron chi connectivity index (χ2n) is 9.31. The first kappa shape index (κ1) is 19.8. The van der Waals surface area contributed by atoms with E-state index in [-0.39, 0.29) is 0 Å². The van der Waals surface area contributed by atoms with E-state index >= 15 is 0 Å². The maximum absolute atomic E-state index is 5.61. The molecule has 3 aliphatic heterocycles. The van der Waals surface area contributed by atoms with E-state index in [9.17, 15) is 0 Å². The quantitative estimate of drug-likeness (QED) is 0.483. The summed E-state index contributed by atoms with van der Waals surface area (Å²) in [5, 5.41) is 6.00. The van der Waals surface area contributed by atoms with Gasteiger partial charge in [0, 0.05) is 60.9 Å². The van der Waals surface area contributed by atoms with Gasteiger partial charge in [-0.05, 0) is 25.0 Å². The van der Waals surface area contributed by atoms with E-state index in [0.29, 0.717) is 12.1 Å². The number of H-pyrrole nitrogens is 1. The van der Waals surface area contributed by atoms with E-state index in [1.54, 1.807) is 11.3 Å². The average molecular weight is 462 g/mol. The predicted octanol–water partition coefficient (Wildman–Crippen LogP) is 3.01. The molecule has 9 heteroatoms. The van der Waals surface area contributed by atoms with Crippen molar-refractivity contribution in [1.29, 1.82) is 0 Å². The first-order valence-corrected chi connectivity index (χ1v) is 12.7. The zero-order chi connectivity index (χ0) is 21.8. The number of ether oxygens (including phenoxy) is 1. The van der Waals surface area contributed by atoms with Crippen molar-refractivity contribution in [2.75, 3.05) is 44.3 Å². The SMILES string of the molecule is c1cc(-c2nc(N3CCOCC3)c3nc(CN4CC5CCC(C4)N5)sc3n2)c2cc[nH]c2c1. The summed E-state index contributed by atoms with van der Waals surface area (Å²) < 4.78 is 5.61. The molecule has 4 aromatic rings. The van der Waals surface area contributed by atoms with E-state index in [1.807, 2.05) is 6.20 Å². The number of anilines is 1. The fraction of sp³-hybridized carbons (Fsp3) is 0.458. The lowest BCUT2D eigenvalue weighted by Crippen LogP contribution is -2.50. The minimum Gasteiger partial charge on any atom is -0.378 e. The van der Waals surface area contributed by atoms with Crippen LogP contribution < -0.4 is 10.2 Å². The summed E-state index contributed by atoms with van der Waals surface area (Å²) in [5.41, 5.74) is 3.08. The maximum atomic E-state index is 5.61. The van der Waals surface area contributed by atoms with Crippen molar-refractivity contribution in [2.45, 2.75) is 31.5 Å². The molecule has 3 saturated heterocycles. The number of fused-ring (bicyclic) bond motifs is 4. The molecule has 2 atom stereocenters. The van der Waals surface area contributed by atoms with Gasteiger partial charge in [0.05, 0.1) is 19.8 Å².